The van der Waals surface area contributed by atoms with Crippen LogP contribution in [0.25, 0.3) is 71.1 Å². The summed E-state index contributed by atoms with van der Waals surface area (Å²) < 4.78 is 2.33. The number of para-hydroxylation sites is 2. The van der Waals surface area contributed by atoms with E-state index in [0.717, 1.165) is 22.4 Å². The fourth-order valence-electron chi connectivity index (χ4n) is 5.78. The van der Waals surface area contributed by atoms with Gasteiger partial charge in [0.2, 0.25) is 0 Å². The van der Waals surface area contributed by atoms with Crippen molar-refractivity contribution in [2.75, 3.05) is 0 Å². The molecular weight excluding hydrogens is 424 g/mol. The standard InChI is InChI=1S/C33H20N2/c1-2-11-24-22(9-1)23-10-3-4-12-25(23)29-19-21(17-18-26(24)29)35-20-30-27-13-5-7-15-31(27)34-33(30)28-14-6-8-16-32(28)35/h1-20H. The SMILES string of the molecule is c1ccc2c3cn(-c4ccc5c6ccccc6c6ccccc6c5c4)c4ccccc4c-3nc2c1. The molecule has 0 fully saturated rings. The molecule has 0 aliphatic carbocycles. The van der Waals surface area contributed by atoms with Gasteiger partial charge in [-0.25, -0.2) is 4.98 Å². The van der Waals surface area contributed by atoms with E-state index in [4.69, 9.17) is 4.98 Å². The van der Waals surface area contributed by atoms with Gasteiger partial charge in [-0.1, -0.05) is 91.0 Å². The maximum Gasteiger partial charge on any atom is 0.0824 e. The lowest BCUT2D eigenvalue weighted by Crippen LogP contribution is -2.00. The van der Waals surface area contributed by atoms with Crippen LogP contribution in [0.2, 0.25) is 0 Å². The maximum absolute atomic E-state index is 4.99. The van der Waals surface area contributed by atoms with E-state index in [2.05, 4.69) is 126 Å². The molecule has 0 saturated carbocycles. The molecule has 0 radical (unpaired) electrons. The summed E-state index contributed by atoms with van der Waals surface area (Å²) >= 11 is 0. The number of rotatable bonds is 1. The van der Waals surface area contributed by atoms with Gasteiger partial charge in [-0.2, -0.15) is 0 Å². The quantitative estimate of drug-likeness (QED) is 0.231. The molecule has 35 heavy (non-hydrogen) atoms. The molecule has 0 atom stereocenters. The highest BCUT2D eigenvalue weighted by atomic mass is 15.0. The molecule has 2 nitrogen and oxygen atoms in total. The van der Waals surface area contributed by atoms with E-state index >= 15 is 0 Å². The molecule has 6 aromatic rings. The third-order valence-corrected chi connectivity index (χ3v) is 7.36. The number of fused-ring (bicyclic) bond motifs is 11. The van der Waals surface area contributed by atoms with Crippen LogP contribution in [0, 0.1) is 0 Å². The minimum atomic E-state index is 1.04. The Balaban J connectivity index is 1.52. The molecule has 162 valence electrons. The average molecular weight is 445 g/mol. The largest absolute Gasteiger partial charge is 0.316 e. The summed E-state index contributed by atoms with van der Waals surface area (Å²) in [6.45, 7) is 0. The second-order valence-electron chi connectivity index (χ2n) is 9.23. The Morgan fingerprint density at radius 1 is 0.457 bits per heavy atom. The number of hydrogen-bond acceptors (Lipinski definition) is 1. The zero-order valence-corrected chi connectivity index (χ0v) is 18.9. The Morgan fingerprint density at radius 2 is 1.00 bits per heavy atom. The topological polar surface area (TPSA) is 17.8 Å². The van der Waals surface area contributed by atoms with Gasteiger partial charge >= 0.3 is 0 Å². The van der Waals surface area contributed by atoms with Crippen molar-refractivity contribution in [1.82, 2.24) is 9.55 Å². The summed E-state index contributed by atoms with van der Waals surface area (Å²) in [5.74, 6) is 0. The van der Waals surface area contributed by atoms with Crippen LogP contribution >= 0.6 is 0 Å². The summed E-state index contributed by atoms with van der Waals surface area (Å²) in [6, 6.07) is 41.4. The molecule has 2 aliphatic rings. The first-order valence-corrected chi connectivity index (χ1v) is 12.0. The van der Waals surface area contributed by atoms with Gasteiger partial charge in [0.25, 0.3) is 0 Å². The monoisotopic (exact) mass is 444 g/mol. The zero-order chi connectivity index (χ0) is 22.9. The molecule has 0 bridgehead atoms. The van der Waals surface area contributed by atoms with E-state index < -0.39 is 0 Å². The molecule has 0 saturated heterocycles. The summed E-state index contributed by atoms with van der Waals surface area (Å²) in [5, 5.41) is 10.1. The second kappa shape index (κ2) is 6.91. The van der Waals surface area contributed by atoms with E-state index in [-0.39, 0.29) is 0 Å². The van der Waals surface area contributed by atoms with Gasteiger partial charge in [0, 0.05) is 28.2 Å². The Hall–Kier alpha value is -4.69. The Labute approximate surface area is 202 Å². The molecule has 8 rings (SSSR count). The lowest BCUT2D eigenvalue weighted by atomic mass is 9.94. The van der Waals surface area contributed by atoms with E-state index in [1.807, 2.05) is 0 Å². The predicted octanol–water partition coefficient (Wildman–Crippen LogP) is 8.74. The summed E-state index contributed by atoms with van der Waals surface area (Å²) in [6.07, 6.45) is 2.26. The first kappa shape index (κ1) is 18.7. The molecule has 0 spiro atoms. The minimum Gasteiger partial charge on any atom is -0.316 e. The Morgan fingerprint density at radius 3 is 1.71 bits per heavy atom. The van der Waals surface area contributed by atoms with Gasteiger partial charge in [0.1, 0.15) is 0 Å². The van der Waals surface area contributed by atoms with E-state index in [1.165, 1.54) is 48.7 Å². The summed E-state index contributed by atoms with van der Waals surface area (Å²) in [5.41, 5.74) is 5.60. The second-order valence-corrected chi connectivity index (χ2v) is 9.23. The smallest absolute Gasteiger partial charge is 0.0824 e. The van der Waals surface area contributed by atoms with Crippen LogP contribution in [0.4, 0.5) is 0 Å². The number of pyridine rings is 1. The van der Waals surface area contributed by atoms with Crippen LogP contribution in [0.1, 0.15) is 0 Å². The third-order valence-electron chi connectivity index (χ3n) is 7.36. The van der Waals surface area contributed by atoms with Crippen molar-refractivity contribution in [3.8, 4) is 16.9 Å². The highest BCUT2D eigenvalue weighted by molar-refractivity contribution is 6.25. The predicted molar refractivity (Wildman–Crippen MR) is 148 cm³/mol. The molecule has 0 amide bonds. The number of benzene rings is 6. The Bertz CT molecular complexity index is 2030. The van der Waals surface area contributed by atoms with Crippen LogP contribution < -0.4 is 0 Å². The van der Waals surface area contributed by atoms with Crippen molar-refractivity contribution < 1.29 is 0 Å². The van der Waals surface area contributed by atoms with Crippen molar-refractivity contribution in [3.63, 3.8) is 0 Å². The summed E-state index contributed by atoms with van der Waals surface area (Å²) in [7, 11) is 0. The molecule has 2 heterocycles. The van der Waals surface area contributed by atoms with Gasteiger partial charge < -0.3 is 4.57 Å². The lowest BCUT2D eigenvalue weighted by molar-refractivity contribution is 1.11. The van der Waals surface area contributed by atoms with Gasteiger partial charge in [-0.3, -0.25) is 0 Å². The van der Waals surface area contributed by atoms with E-state index in [1.54, 1.807) is 0 Å². The lowest BCUT2D eigenvalue weighted by Gasteiger charge is -2.17. The van der Waals surface area contributed by atoms with Gasteiger partial charge in [-0.05, 0) is 56.6 Å². The fraction of sp³-hybridized carbons (Fsp3) is 0. The molecule has 2 heteroatoms. The highest BCUT2D eigenvalue weighted by Crippen LogP contribution is 2.39. The van der Waals surface area contributed by atoms with Gasteiger partial charge in [0.15, 0.2) is 0 Å². The third kappa shape index (κ3) is 2.57. The minimum absolute atomic E-state index is 1.04. The molecule has 0 N–H and O–H groups in total. The van der Waals surface area contributed by atoms with Crippen molar-refractivity contribution in [2.45, 2.75) is 0 Å². The summed E-state index contributed by atoms with van der Waals surface area (Å²) in [4.78, 5) is 4.99. The van der Waals surface area contributed by atoms with Gasteiger partial charge in [0.05, 0.1) is 16.7 Å². The van der Waals surface area contributed by atoms with E-state index in [9.17, 15) is 0 Å². The average Bonchev–Trinajstić information content (AvgIpc) is 3.31. The number of aromatic nitrogens is 2. The van der Waals surface area contributed by atoms with Crippen molar-refractivity contribution in [3.05, 3.63) is 121 Å². The highest BCUT2D eigenvalue weighted by Gasteiger charge is 2.18. The van der Waals surface area contributed by atoms with Crippen molar-refractivity contribution >= 4 is 54.1 Å². The van der Waals surface area contributed by atoms with Crippen LogP contribution in [0.15, 0.2) is 121 Å². The Kier molecular flexibility index (Phi) is 3.69. The van der Waals surface area contributed by atoms with Crippen LogP contribution in [-0.4, -0.2) is 9.55 Å². The van der Waals surface area contributed by atoms with Crippen LogP contribution in [0.5, 0.6) is 0 Å². The number of hydrogen-bond donors (Lipinski definition) is 0. The molecule has 0 aromatic heterocycles. The van der Waals surface area contributed by atoms with Crippen LogP contribution in [-0.2, 0) is 0 Å². The van der Waals surface area contributed by atoms with Crippen LogP contribution in [0.3, 0.4) is 0 Å². The molecule has 0 unspecified atom stereocenters. The maximum atomic E-state index is 4.99. The molecule has 6 aromatic carbocycles. The first-order valence-electron chi connectivity index (χ1n) is 12.0. The van der Waals surface area contributed by atoms with Crippen molar-refractivity contribution in [1.29, 1.82) is 0 Å². The fourth-order valence-corrected chi connectivity index (χ4v) is 5.78. The molecular formula is C33H20N2. The van der Waals surface area contributed by atoms with Gasteiger partial charge in [-0.15, -0.1) is 0 Å². The zero-order valence-electron chi connectivity index (χ0n) is 18.9. The van der Waals surface area contributed by atoms with Crippen molar-refractivity contribution in [2.24, 2.45) is 0 Å². The first-order chi connectivity index (χ1) is 17.4. The molecule has 2 aliphatic heterocycles. The van der Waals surface area contributed by atoms with E-state index in [0.29, 0.717) is 0 Å². The normalized spacial score (nSPS) is 12.0. The number of nitrogens with zero attached hydrogens (tertiary/aromatic N) is 2.